The second kappa shape index (κ2) is 3.86. The summed E-state index contributed by atoms with van der Waals surface area (Å²) in [5.41, 5.74) is 0.651. The summed E-state index contributed by atoms with van der Waals surface area (Å²) in [4.78, 5) is 15.1. The molecule has 78 valence electrons. The molecule has 0 amide bonds. The van der Waals surface area contributed by atoms with Crippen molar-refractivity contribution in [3.63, 3.8) is 0 Å². The highest BCUT2D eigenvalue weighted by molar-refractivity contribution is 6.30. The minimum atomic E-state index is -0.364. The van der Waals surface area contributed by atoms with Crippen molar-refractivity contribution in [1.29, 1.82) is 0 Å². The van der Waals surface area contributed by atoms with Crippen LogP contribution in [0.3, 0.4) is 0 Å². The highest BCUT2D eigenvalue weighted by Crippen LogP contribution is 2.09. The van der Waals surface area contributed by atoms with Crippen LogP contribution in [-0.4, -0.2) is 27.7 Å². The number of carbonyl (C=O) groups is 1. The molecule has 2 aromatic rings. The van der Waals surface area contributed by atoms with E-state index < -0.39 is 0 Å². The van der Waals surface area contributed by atoms with Crippen molar-refractivity contribution >= 4 is 23.2 Å². The lowest BCUT2D eigenvalue weighted by atomic mass is 10.4. The molecule has 0 saturated heterocycles. The number of halogens is 1. The number of hydrogen-bond donors (Lipinski definition) is 0. The zero-order chi connectivity index (χ0) is 10.8. The summed E-state index contributed by atoms with van der Waals surface area (Å²) in [6.07, 6.45) is 1.69. The fourth-order valence-corrected chi connectivity index (χ4v) is 1.34. The monoisotopic (exact) mass is 225 g/mol. The Kier molecular flexibility index (Phi) is 2.55. The Morgan fingerprint density at radius 3 is 3.13 bits per heavy atom. The molecule has 0 spiro atoms. The Balaban J connectivity index is 2.34. The Bertz CT molecular complexity index is 509. The number of rotatable bonds is 2. The molecular weight excluding hydrogens is 218 g/mol. The van der Waals surface area contributed by atoms with Gasteiger partial charge in [0.05, 0.1) is 12.1 Å². The van der Waals surface area contributed by atoms with Crippen LogP contribution in [0.25, 0.3) is 5.65 Å². The largest absolute Gasteiger partial charge is 0.469 e. The number of carbonyl (C=O) groups excluding carboxylic acids is 1. The van der Waals surface area contributed by atoms with E-state index in [1.807, 2.05) is 0 Å². The molecule has 2 aromatic heterocycles. The second-order valence-electron chi connectivity index (χ2n) is 2.93. The number of esters is 1. The van der Waals surface area contributed by atoms with Crippen molar-refractivity contribution < 1.29 is 9.53 Å². The van der Waals surface area contributed by atoms with Gasteiger partial charge in [-0.2, -0.15) is 5.10 Å². The maximum absolute atomic E-state index is 11.0. The number of methoxy groups -OCH3 is 1. The van der Waals surface area contributed by atoms with Gasteiger partial charge in [-0.25, -0.2) is 9.50 Å². The number of ether oxygens (including phenoxy) is 1. The van der Waals surface area contributed by atoms with Crippen LogP contribution in [-0.2, 0) is 16.0 Å². The summed E-state index contributed by atoms with van der Waals surface area (Å²) in [6.45, 7) is 0. The molecule has 0 aliphatic rings. The van der Waals surface area contributed by atoms with Crippen LogP contribution in [0.2, 0.25) is 5.02 Å². The van der Waals surface area contributed by atoms with Crippen molar-refractivity contribution in [3.8, 4) is 0 Å². The standard InChI is InChI=1S/C9H8ClN3O2/c1-15-9(14)4-7-11-8-3-2-6(10)5-13(8)12-7/h2-3,5H,4H2,1H3. The quantitative estimate of drug-likeness (QED) is 0.719. The molecule has 0 fully saturated rings. The molecule has 0 aromatic carbocycles. The number of fused-ring (bicyclic) bond motifs is 1. The molecule has 0 atom stereocenters. The molecule has 0 unspecified atom stereocenters. The van der Waals surface area contributed by atoms with Crippen LogP contribution in [0.1, 0.15) is 5.82 Å². The minimum Gasteiger partial charge on any atom is -0.469 e. The van der Waals surface area contributed by atoms with Crippen molar-refractivity contribution in [2.45, 2.75) is 6.42 Å². The fourth-order valence-electron chi connectivity index (χ4n) is 1.18. The topological polar surface area (TPSA) is 56.5 Å². The van der Waals surface area contributed by atoms with Crippen molar-refractivity contribution in [2.75, 3.05) is 7.11 Å². The van der Waals surface area contributed by atoms with E-state index in [1.165, 1.54) is 11.6 Å². The first-order valence-corrected chi connectivity index (χ1v) is 4.64. The van der Waals surface area contributed by atoms with Crippen LogP contribution in [0.4, 0.5) is 0 Å². The molecule has 2 rings (SSSR count). The van der Waals surface area contributed by atoms with Gasteiger partial charge in [0.1, 0.15) is 6.42 Å². The average molecular weight is 226 g/mol. The third-order valence-electron chi connectivity index (χ3n) is 1.87. The predicted octanol–water partition coefficient (Wildman–Crippen LogP) is 1.10. The molecule has 5 nitrogen and oxygen atoms in total. The highest BCUT2D eigenvalue weighted by atomic mass is 35.5. The first kappa shape index (κ1) is 9.92. The number of nitrogens with zero attached hydrogens (tertiary/aromatic N) is 3. The zero-order valence-corrected chi connectivity index (χ0v) is 8.73. The fraction of sp³-hybridized carbons (Fsp3) is 0.222. The molecule has 0 N–H and O–H groups in total. The van der Waals surface area contributed by atoms with Crippen LogP contribution in [0, 0.1) is 0 Å². The molecule has 6 heteroatoms. The third-order valence-corrected chi connectivity index (χ3v) is 2.09. The van der Waals surface area contributed by atoms with Gasteiger partial charge in [0.2, 0.25) is 0 Å². The third kappa shape index (κ3) is 2.07. The zero-order valence-electron chi connectivity index (χ0n) is 7.98. The van der Waals surface area contributed by atoms with Gasteiger partial charge in [0.15, 0.2) is 11.5 Å². The lowest BCUT2D eigenvalue weighted by molar-refractivity contribution is -0.139. The number of pyridine rings is 1. The van der Waals surface area contributed by atoms with Gasteiger partial charge < -0.3 is 4.74 Å². The van der Waals surface area contributed by atoms with Gasteiger partial charge >= 0.3 is 5.97 Å². The van der Waals surface area contributed by atoms with E-state index >= 15 is 0 Å². The van der Waals surface area contributed by atoms with E-state index in [0.717, 1.165) is 0 Å². The van der Waals surface area contributed by atoms with Crippen molar-refractivity contribution in [1.82, 2.24) is 14.6 Å². The molecule has 2 heterocycles. The van der Waals surface area contributed by atoms with Gasteiger partial charge in [-0.3, -0.25) is 4.79 Å². The first-order chi connectivity index (χ1) is 7.19. The lowest BCUT2D eigenvalue weighted by Crippen LogP contribution is -2.05. The predicted molar refractivity (Wildman–Crippen MR) is 53.7 cm³/mol. The molecule has 0 aliphatic heterocycles. The van der Waals surface area contributed by atoms with Gasteiger partial charge in [0.25, 0.3) is 0 Å². The summed E-state index contributed by atoms with van der Waals surface area (Å²) in [5, 5.41) is 4.65. The van der Waals surface area contributed by atoms with E-state index in [2.05, 4.69) is 14.8 Å². The van der Waals surface area contributed by atoms with Crippen molar-refractivity contribution in [2.24, 2.45) is 0 Å². The highest BCUT2D eigenvalue weighted by Gasteiger charge is 2.08. The summed E-state index contributed by atoms with van der Waals surface area (Å²) in [6, 6.07) is 3.45. The van der Waals surface area contributed by atoms with Crippen LogP contribution in [0.5, 0.6) is 0 Å². The Morgan fingerprint density at radius 1 is 1.60 bits per heavy atom. The van der Waals surface area contributed by atoms with E-state index in [9.17, 15) is 4.79 Å². The molecule has 0 aliphatic carbocycles. The SMILES string of the molecule is COC(=O)Cc1nc2ccc(Cl)cn2n1. The Hall–Kier alpha value is -1.62. The summed E-state index contributed by atoms with van der Waals surface area (Å²) < 4.78 is 6.05. The minimum absolute atomic E-state index is 0.0653. The van der Waals surface area contributed by atoms with E-state index in [4.69, 9.17) is 11.6 Å². The van der Waals surface area contributed by atoms with Gasteiger partial charge in [-0.1, -0.05) is 11.6 Å². The number of aromatic nitrogens is 3. The first-order valence-electron chi connectivity index (χ1n) is 4.26. The van der Waals surface area contributed by atoms with Gasteiger partial charge in [0, 0.05) is 6.20 Å². The molecule has 0 radical (unpaired) electrons. The molecule has 0 bridgehead atoms. The number of hydrogen-bond acceptors (Lipinski definition) is 4. The van der Waals surface area contributed by atoms with Crippen LogP contribution in [0.15, 0.2) is 18.3 Å². The van der Waals surface area contributed by atoms with Crippen molar-refractivity contribution in [3.05, 3.63) is 29.2 Å². The summed E-state index contributed by atoms with van der Waals surface area (Å²) in [7, 11) is 1.33. The Morgan fingerprint density at radius 2 is 2.40 bits per heavy atom. The molecule has 15 heavy (non-hydrogen) atoms. The van der Waals surface area contributed by atoms with E-state index in [0.29, 0.717) is 16.5 Å². The maximum Gasteiger partial charge on any atom is 0.313 e. The van der Waals surface area contributed by atoms with E-state index in [1.54, 1.807) is 18.3 Å². The molecule has 0 saturated carbocycles. The smallest absolute Gasteiger partial charge is 0.313 e. The van der Waals surface area contributed by atoms with Crippen LogP contribution < -0.4 is 0 Å². The lowest BCUT2D eigenvalue weighted by Gasteiger charge is -1.92. The van der Waals surface area contributed by atoms with E-state index in [-0.39, 0.29) is 12.4 Å². The normalized spacial score (nSPS) is 10.5. The van der Waals surface area contributed by atoms with Gasteiger partial charge in [-0.05, 0) is 12.1 Å². The Labute approximate surface area is 90.6 Å². The summed E-state index contributed by atoms with van der Waals surface area (Å²) in [5.74, 6) is 0.0566. The average Bonchev–Trinajstić information content (AvgIpc) is 2.59. The second-order valence-corrected chi connectivity index (χ2v) is 3.37. The molecular formula is C9H8ClN3O2. The summed E-state index contributed by atoms with van der Waals surface area (Å²) >= 11 is 5.78. The maximum atomic E-state index is 11.0. The van der Waals surface area contributed by atoms with Crippen LogP contribution >= 0.6 is 11.6 Å². The van der Waals surface area contributed by atoms with Gasteiger partial charge in [-0.15, -0.1) is 0 Å².